The van der Waals surface area contributed by atoms with Gasteiger partial charge in [-0.1, -0.05) is 51.3 Å². The van der Waals surface area contributed by atoms with Crippen molar-refractivity contribution in [3.05, 3.63) is 34.9 Å². The lowest BCUT2D eigenvalue weighted by atomic mass is 9.80. The first-order valence-electron chi connectivity index (χ1n) is 7.57. The Morgan fingerprint density at radius 1 is 1.11 bits per heavy atom. The van der Waals surface area contributed by atoms with E-state index in [1.165, 1.54) is 30.4 Å². The summed E-state index contributed by atoms with van der Waals surface area (Å²) in [4.78, 5) is 13.1. The molecule has 0 spiro atoms. The van der Waals surface area contributed by atoms with Gasteiger partial charge in [-0.25, -0.2) is 0 Å². The van der Waals surface area contributed by atoms with Gasteiger partial charge in [-0.3, -0.25) is 4.79 Å². The lowest BCUT2D eigenvalue weighted by molar-refractivity contribution is 0.0916. The van der Waals surface area contributed by atoms with E-state index >= 15 is 0 Å². The molecular weight excluding hydrogens is 251 g/mol. The van der Waals surface area contributed by atoms with Gasteiger partial charge in [-0.05, 0) is 36.8 Å². The Labute approximate surface area is 119 Å². The maximum atomic E-state index is 13.1. The van der Waals surface area contributed by atoms with Crippen molar-refractivity contribution in [2.24, 2.45) is 0 Å². The quantitative estimate of drug-likeness (QED) is 0.581. The van der Waals surface area contributed by atoms with Gasteiger partial charge in [0.05, 0.1) is 0 Å². The smallest absolute Gasteiger partial charge is 0.173 e. The number of ketones is 1. The highest BCUT2D eigenvalue weighted by atomic mass is 31.0. The van der Waals surface area contributed by atoms with E-state index in [4.69, 9.17) is 0 Å². The molecule has 2 heteroatoms. The molecule has 1 saturated carbocycles. The Hall–Kier alpha value is -0.680. The number of aryl methyl sites for hydroxylation is 2. The third-order valence-electron chi connectivity index (χ3n) is 4.42. The molecule has 2 rings (SSSR count). The molecule has 104 valence electrons. The SMILES string of the molecule is CCc1cccc(CC)c1C(=O)C1(P)CCCCC1. The Kier molecular flexibility index (Phi) is 4.79. The summed E-state index contributed by atoms with van der Waals surface area (Å²) in [5, 5.41) is -0.201. The molecule has 0 N–H and O–H groups in total. The van der Waals surface area contributed by atoms with Crippen LogP contribution < -0.4 is 0 Å². The van der Waals surface area contributed by atoms with Crippen LogP contribution in [-0.2, 0) is 12.8 Å². The van der Waals surface area contributed by atoms with Crippen LogP contribution in [0.3, 0.4) is 0 Å². The van der Waals surface area contributed by atoms with Gasteiger partial charge in [0.25, 0.3) is 0 Å². The van der Waals surface area contributed by atoms with Crippen molar-refractivity contribution in [2.45, 2.75) is 63.9 Å². The van der Waals surface area contributed by atoms with Crippen LogP contribution in [0.5, 0.6) is 0 Å². The normalized spacial score (nSPS) is 18.3. The maximum absolute atomic E-state index is 13.1. The second-order valence-corrected chi connectivity index (χ2v) is 6.81. The topological polar surface area (TPSA) is 17.1 Å². The van der Waals surface area contributed by atoms with Gasteiger partial charge in [-0.2, -0.15) is 0 Å². The molecule has 0 saturated heterocycles. The summed E-state index contributed by atoms with van der Waals surface area (Å²) in [5.74, 6) is 0.367. The van der Waals surface area contributed by atoms with Crippen LogP contribution in [0.15, 0.2) is 18.2 Å². The summed E-state index contributed by atoms with van der Waals surface area (Å²) >= 11 is 0. The van der Waals surface area contributed by atoms with Crippen molar-refractivity contribution in [2.75, 3.05) is 0 Å². The second kappa shape index (κ2) is 6.18. The molecule has 0 bridgehead atoms. The minimum absolute atomic E-state index is 0.201. The van der Waals surface area contributed by atoms with E-state index in [-0.39, 0.29) is 5.16 Å². The minimum atomic E-state index is -0.201. The number of rotatable bonds is 4. The molecule has 0 amide bonds. The molecule has 1 aliphatic carbocycles. The fourth-order valence-corrected chi connectivity index (χ4v) is 3.75. The summed E-state index contributed by atoms with van der Waals surface area (Å²) < 4.78 is 0. The molecule has 0 aliphatic heterocycles. The molecule has 0 aromatic heterocycles. The molecule has 19 heavy (non-hydrogen) atoms. The minimum Gasteiger partial charge on any atom is -0.293 e. The molecule has 1 fully saturated rings. The van der Waals surface area contributed by atoms with Crippen molar-refractivity contribution in [1.82, 2.24) is 0 Å². The average molecular weight is 276 g/mol. The van der Waals surface area contributed by atoms with Crippen LogP contribution in [0.25, 0.3) is 0 Å². The largest absolute Gasteiger partial charge is 0.293 e. The Morgan fingerprint density at radius 3 is 2.11 bits per heavy atom. The standard InChI is InChI=1S/C17H25OP/c1-3-13-9-8-10-14(4-2)15(13)16(18)17(19)11-6-5-7-12-17/h8-10H,3-7,11-12,19H2,1-2H3. The van der Waals surface area contributed by atoms with Gasteiger partial charge in [0.2, 0.25) is 0 Å². The molecule has 1 atom stereocenters. The predicted octanol–water partition coefficient (Wildman–Crippen LogP) is 4.57. The van der Waals surface area contributed by atoms with E-state index in [0.717, 1.165) is 31.2 Å². The molecule has 1 aromatic carbocycles. The molecule has 1 aliphatic rings. The Bertz CT molecular complexity index is 436. The molecule has 1 nitrogen and oxygen atoms in total. The van der Waals surface area contributed by atoms with Crippen molar-refractivity contribution < 1.29 is 4.79 Å². The zero-order chi connectivity index (χ0) is 13.9. The number of Topliss-reactive ketones (excluding diaryl/α,β-unsaturated/α-hetero) is 1. The lowest BCUT2D eigenvalue weighted by Gasteiger charge is -2.33. The van der Waals surface area contributed by atoms with Crippen LogP contribution in [0, 0.1) is 0 Å². The van der Waals surface area contributed by atoms with Gasteiger partial charge in [0.1, 0.15) is 0 Å². The van der Waals surface area contributed by atoms with E-state index in [1.54, 1.807) is 0 Å². The highest BCUT2D eigenvalue weighted by Gasteiger charge is 2.36. The van der Waals surface area contributed by atoms with Crippen LogP contribution in [0.2, 0.25) is 0 Å². The van der Waals surface area contributed by atoms with Gasteiger partial charge < -0.3 is 0 Å². The van der Waals surface area contributed by atoms with Gasteiger partial charge in [0, 0.05) is 10.7 Å². The van der Waals surface area contributed by atoms with E-state index in [9.17, 15) is 4.79 Å². The fraction of sp³-hybridized carbons (Fsp3) is 0.588. The maximum Gasteiger partial charge on any atom is 0.173 e. The van der Waals surface area contributed by atoms with Crippen LogP contribution in [0.1, 0.15) is 67.4 Å². The highest BCUT2D eigenvalue weighted by Crippen LogP contribution is 2.40. The summed E-state index contributed by atoms with van der Waals surface area (Å²) in [6.07, 6.45) is 7.58. The molecule has 0 heterocycles. The zero-order valence-corrected chi connectivity index (χ0v) is 13.3. The van der Waals surface area contributed by atoms with Crippen molar-refractivity contribution in [3.63, 3.8) is 0 Å². The van der Waals surface area contributed by atoms with Crippen LogP contribution >= 0.6 is 9.24 Å². The van der Waals surface area contributed by atoms with Crippen molar-refractivity contribution in [3.8, 4) is 0 Å². The molecule has 0 radical (unpaired) electrons. The number of benzene rings is 1. The average Bonchev–Trinajstić information content (AvgIpc) is 2.46. The summed E-state index contributed by atoms with van der Waals surface area (Å²) in [6, 6.07) is 6.32. The van der Waals surface area contributed by atoms with Gasteiger partial charge in [-0.15, -0.1) is 9.24 Å². The summed E-state index contributed by atoms with van der Waals surface area (Å²) in [5.41, 5.74) is 3.46. The third-order valence-corrected chi connectivity index (χ3v) is 5.26. The number of hydrogen-bond acceptors (Lipinski definition) is 1. The van der Waals surface area contributed by atoms with Crippen molar-refractivity contribution >= 4 is 15.0 Å². The second-order valence-electron chi connectivity index (χ2n) is 5.70. The van der Waals surface area contributed by atoms with Gasteiger partial charge >= 0.3 is 0 Å². The number of carbonyl (C=O) groups is 1. The molecule has 1 aromatic rings. The van der Waals surface area contributed by atoms with Crippen LogP contribution in [0.4, 0.5) is 0 Å². The molecule has 1 unspecified atom stereocenters. The lowest BCUT2D eigenvalue weighted by Crippen LogP contribution is -2.35. The van der Waals surface area contributed by atoms with E-state index in [1.807, 2.05) is 0 Å². The molecular formula is C17H25OP. The Morgan fingerprint density at radius 2 is 1.63 bits per heavy atom. The van der Waals surface area contributed by atoms with E-state index in [2.05, 4.69) is 41.3 Å². The number of carbonyl (C=O) groups excluding carboxylic acids is 1. The van der Waals surface area contributed by atoms with Gasteiger partial charge in [0.15, 0.2) is 5.78 Å². The zero-order valence-electron chi connectivity index (χ0n) is 12.2. The predicted molar refractivity (Wildman–Crippen MR) is 85.1 cm³/mol. The monoisotopic (exact) mass is 276 g/mol. The summed E-state index contributed by atoms with van der Waals surface area (Å²) in [7, 11) is 2.89. The summed E-state index contributed by atoms with van der Waals surface area (Å²) in [6.45, 7) is 4.28. The fourth-order valence-electron chi connectivity index (χ4n) is 3.19. The first-order valence-corrected chi connectivity index (χ1v) is 8.14. The number of hydrogen-bond donors (Lipinski definition) is 0. The highest BCUT2D eigenvalue weighted by molar-refractivity contribution is 7.21. The van der Waals surface area contributed by atoms with E-state index in [0.29, 0.717) is 5.78 Å². The van der Waals surface area contributed by atoms with Crippen LogP contribution in [-0.4, -0.2) is 10.9 Å². The first-order chi connectivity index (χ1) is 9.12. The first kappa shape index (κ1) is 14.7. The van der Waals surface area contributed by atoms with Crippen molar-refractivity contribution in [1.29, 1.82) is 0 Å². The third kappa shape index (κ3) is 2.92. The Balaban J connectivity index is 2.42. The van der Waals surface area contributed by atoms with E-state index < -0.39 is 0 Å².